The minimum absolute atomic E-state index is 0.478. The van der Waals surface area contributed by atoms with E-state index in [1.54, 1.807) is 0 Å². The molecule has 3 rings (SSSR count). The van der Waals surface area contributed by atoms with Crippen LogP contribution in [0.2, 0.25) is 0 Å². The van der Waals surface area contributed by atoms with Crippen LogP contribution in [0.1, 0.15) is 37.8 Å². The van der Waals surface area contributed by atoms with Crippen molar-refractivity contribution in [2.24, 2.45) is 0 Å². The van der Waals surface area contributed by atoms with Gasteiger partial charge in [-0.3, -0.25) is 4.90 Å². The number of rotatable bonds is 8. The zero-order valence-electron chi connectivity index (χ0n) is 17.8. The quantitative estimate of drug-likeness (QED) is 0.660. The summed E-state index contributed by atoms with van der Waals surface area (Å²) in [6.07, 6.45) is 0. The summed E-state index contributed by atoms with van der Waals surface area (Å²) in [6.45, 7) is 15.2. The molecule has 4 nitrogen and oxygen atoms in total. The van der Waals surface area contributed by atoms with Crippen molar-refractivity contribution in [1.82, 2.24) is 4.90 Å². The number of benzene rings is 2. The van der Waals surface area contributed by atoms with Crippen LogP contribution < -0.4 is 14.4 Å². The summed E-state index contributed by atoms with van der Waals surface area (Å²) < 4.78 is 11.8. The molecule has 1 aliphatic heterocycles. The Kier molecular flexibility index (Phi) is 7.21. The molecule has 0 aliphatic carbocycles. The first-order valence-corrected chi connectivity index (χ1v) is 10.5. The molecule has 0 saturated carbocycles. The van der Waals surface area contributed by atoms with Crippen LogP contribution in [0.25, 0.3) is 0 Å². The molecule has 4 heteroatoms. The highest BCUT2D eigenvalue weighted by Gasteiger charge is 2.18. The van der Waals surface area contributed by atoms with Gasteiger partial charge in [0, 0.05) is 44.5 Å². The Morgan fingerprint density at radius 2 is 1.75 bits per heavy atom. The average molecular weight is 383 g/mol. The molecule has 1 saturated heterocycles. The average Bonchev–Trinajstić information content (AvgIpc) is 2.69. The molecular formula is C24H34N2O2. The Hall–Kier alpha value is -2.20. The standard InChI is InChI=1S/C24H34N2O2/c1-5-27-22-8-6-7-21(18-22)26-13-11-25(12-14-26)15-16-28-24-17-20(4)9-10-23(24)19(2)3/h6-10,17-19H,5,11-16H2,1-4H3. The van der Waals surface area contributed by atoms with Crippen molar-refractivity contribution in [3.05, 3.63) is 53.6 Å². The summed E-state index contributed by atoms with van der Waals surface area (Å²) in [7, 11) is 0. The van der Waals surface area contributed by atoms with E-state index in [2.05, 4.69) is 67.0 Å². The first kappa shape index (κ1) is 20.5. The maximum absolute atomic E-state index is 6.16. The van der Waals surface area contributed by atoms with Crippen LogP contribution in [-0.2, 0) is 0 Å². The Morgan fingerprint density at radius 1 is 0.964 bits per heavy atom. The van der Waals surface area contributed by atoms with E-state index >= 15 is 0 Å². The lowest BCUT2D eigenvalue weighted by Crippen LogP contribution is -2.47. The van der Waals surface area contributed by atoms with Gasteiger partial charge in [0.05, 0.1) is 6.61 Å². The normalized spacial score (nSPS) is 15.1. The van der Waals surface area contributed by atoms with Crippen LogP contribution in [0.5, 0.6) is 11.5 Å². The van der Waals surface area contributed by atoms with Gasteiger partial charge in [-0.15, -0.1) is 0 Å². The number of ether oxygens (including phenoxy) is 2. The van der Waals surface area contributed by atoms with Crippen LogP contribution in [0.4, 0.5) is 5.69 Å². The molecule has 0 unspecified atom stereocenters. The molecule has 0 aromatic heterocycles. The number of piperazine rings is 1. The fourth-order valence-corrected chi connectivity index (χ4v) is 3.69. The van der Waals surface area contributed by atoms with Gasteiger partial charge < -0.3 is 14.4 Å². The van der Waals surface area contributed by atoms with Crippen molar-refractivity contribution in [3.8, 4) is 11.5 Å². The monoisotopic (exact) mass is 382 g/mol. The van der Waals surface area contributed by atoms with Crippen LogP contribution in [0.3, 0.4) is 0 Å². The summed E-state index contributed by atoms with van der Waals surface area (Å²) in [5.74, 6) is 2.47. The van der Waals surface area contributed by atoms with E-state index in [1.807, 2.05) is 13.0 Å². The molecule has 0 radical (unpaired) electrons. The van der Waals surface area contributed by atoms with Gasteiger partial charge in [0.1, 0.15) is 18.1 Å². The lowest BCUT2D eigenvalue weighted by Gasteiger charge is -2.36. The zero-order valence-corrected chi connectivity index (χ0v) is 17.8. The number of hydrogen-bond acceptors (Lipinski definition) is 4. The number of anilines is 1. The van der Waals surface area contributed by atoms with Gasteiger partial charge in [-0.1, -0.05) is 32.0 Å². The minimum atomic E-state index is 0.478. The molecule has 1 heterocycles. The van der Waals surface area contributed by atoms with Crippen molar-refractivity contribution < 1.29 is 9.47 Å². The Bertz CT molecular complexity index is 752. The fourth-order valence-electron chi connectivity index (χ4n) is 3.69. The Balaban J connectivity index is 1.48. The van der Waals surface area contributed by atoms with E-state index in [9.17, 15) is 0 Å². The van der Waals surface area contributed by atoms with Gasteiger partial charge in [0.15, 0.2) is 0 Å². The van der Waals surface area contributed by atoms with E-state index in [4.69, 9.17) is 9.47 Å². The molecule has 2 aromatic carbocycles. The van der Waals surface area contributed by atoms with Gasteiger partial charge in [-0.25, -0.2) is 0 Å². The van der Waals surface area contributed by atoms with Crippen LogP contribution in [0.15, 0.2) is 42.5 Å². The molecule has 152 valence electrons. The second-order valence-electron chi connectivity index (χ2n) is 7.80. The topological polar surface area (TPSA) is 24.9 Å². The van der Waals surface area contributed by atoms with Crippen LogP contribution >= 0.6 is 0 Å². The molecular weight excluding hydrogens is 348 g/mol. The molecule has 2 aromatic rings. The second kappa shape index (κ2) is 9.83. The van der Waals surface area contributed by atoms with E-state index in [1.165, 1.54) is 16.8 Å². The lowest BCUT2D eigenvalue weighted by atomic mass is 10.0. The molecule has 0 spiro atoms. The number of hydrogen-bond donors (Lipinski definition) is 0. The van der Waals surface area contributed by atoms with Gasteiger partial charge in [0.25, 0.3) is 0 Å². The molecule has 0 bridgehead atoms. The molecule has 1 fully saturated rings. The van der Waals surface area contributed by atoms with Gasteiger partial charge in [-0.2, -0.15) is 0 Å². The highest BCUT2D eigenvalue weighted by molar-refractivity contribution is 5.51. The van der Waals surface area contributed by atoms with Crippen molar-refractivity contribution in [2.75, 3.05) is 50.8 Å². The van der Waals surface area contributed by atoms with Crippen LogP contribution in [-0.4, -0.2) is 50.8 Å². The SMILES string of the molecule is CCOc1cccc(N2CCN(CCOc3cc(C)ccc3C(C)C)CC2)c1. The van der Waals surface area contributed by atoms with E-state index in [0.29, 0.717) is 12.5 Å². The van der Waals surface area contributed by atoms with E-state index in [-0.39, 0.29) is 0 Å². The number of aryl methyl sites for hydroxylation is 1. The summed E-state index contributed by atoms with van der Waals surface area (Å²) >= 11 is 0. The predicted octanol–water partition coefficient (Wildman–Crippen LogP) is 4.72. The first-order chi connectivity index (χ1) is 13.6. The smallest absolute Gasteiger partial charge is 0.123 e. The first-order valence-electron chi connectivity index (χ1n) is 10.5. The number of nitrogens with zero attached hydrogens (tertiary/aromatic N) is 2. The van der Waals surface area contributed by atoms with Gasteiger partial charge >= 0.3 is 0 Å². The predicted molar refractivity (Wildman–Crippen MR) is 117 cm³/mol. The maximum atomic E-state index is 6.16. The third kappa shape index (κ3) is 5.41. The Labute approximate surface area is 170 Å². The maximum Gasteiger partial charge on any atom is 0.123 e. The molecule has 0 atom stereocenters. The van der Waals surface area contributed by atoms with E-state index in [0.717, 1.165) is 50.8 Å². The highest BCUT2D eigenvalue weighted by Crippen LogP contribution is 2.27. The van der Waals surface area contributed by atoms with E-state index < -0.39 is 0 Å². The van der Waals surface area contributed by atoms with Crippen LogP contribution in [0, 0.1) is 6.92 Å². The second-order valence-corrected chi connectivity index (χ2v) is 7.80. The van der Waals surface area contributed by atoms with Gasteiger partial charge in [0.2, 0.25) is 0 Å². The molecule has 0 N–H and O–H groups in total. The van der Waals surface area contributed by atoms with Gasteiger partial charge in [-0.05, 0) is 49.1 Å². The summed E-state index contributed by atoms with van der Waals surface area (Å²) in [6, 6.07) is 15.0. The summed E-state index contributed by atoms with van der Waals surface area (Å²) in [4.78, 5) is 4.94. The lowest BCUT2D eigenvalue weighted by molar-refractivity contribution is 0.199. The van der Waals surface area contributed by atoms with Crippen molar-refractivity contribution >= 4 is 5.69 Å². The Morgan fingerprint density at radius 3 is 2.46 bits per heavy atom. The largest absolute Gasteiger partial charge is 0.494 e. The highest BCUT2D eigenvalue weighted by atomic mass is 16.5. The van der Waals surface area contributed by atoms with Crippen molar-refractivity contribution in [3.63, 3.8) is 0 Å². The fraction of sp³-hybridized carbons (Fsp3) is 0.500. The van der Waals surface area contributed by atoms with Crippen molar-refractivity contribution in [1.29, 1.82) is 0 Å². The third-order valence-electron chi connectivity index (χ3n) is 5.32. The third-order valence-corrected chi connectivity index (χ3v) is 5.32. The summed E-state index contributed by atoms with van der Waals surface area (Å²) in [5, 5.41) is 0. The summed E-state index contributed by atoms with van der Waals surface area (Å²) in [5.41, 5.74) is 3.80. The molecule has 0 amide bonds. The zero-order chi connectivity index (χ0) is 19.9. The molecule has 28 heavy (non-hydrogen) atoms. The van der Waals surface area contributed by atoms with Crippen molar-refractivity contribution in [2.45, 2.75) is 33.6 Å². The molecule has 1 aliphatic rings. The minimum Gasteiger partial charge on any atom is -0.494 e.